The van der Waals surface area contributed by atoms with Crippen LogP contribution in [0.15, 0.2) is 66.7 Å². The van der Waals surface area contributed by atoms with E-state index in [1.807, 2.05) is 6.07 Å². The lowest BCUT2D eigenvalue weighted by Gasteiger charge is -2.10. The average molecular weight is 469 g/mol. The van der Waals surface area contributed by atoms with Crippen LogP contribution in [-0.2, 0) is 0 Å². The van der Waals surface area contributed by atoms with Gasteiger partial charge in [-0.25, -0.2) is 9.67 Å². The van der Waals surface area contributed by atoms with Gasteiger partial charge in [-0.2, -0.15) is 0 Å². The number of hydrogen-bond donors (Lipinski definition) is 1. The maximum Gasteiger partial charge on any atom is 0.295 e. The SMILES string of the molecule is COc1ccc(OC)c(NC(=O)c2nc(-c3cccc(Cl)c3)n(-c3ccc(Cl)cc3)n2)c1. The highest BCUT2D eigenvalue weighted by Gasteiger charge is 2.20. The van der Waals surface area contributed by atoms with Crippen molar-refractivity contribution in [2.75, 3.05) is 19.5 Å². The lowest BCUT2D eigenvalue weighted by atomic mass is 10.2. The van der Waals surface area contributed by atoms with Gasteiger partial charge in [-0.1, -0.05) is 35.3 Å². The van der Waals surface area contributed by atoms with Crippen LogP contribution in [0.1, 0.15) is 10.6 Å². The first-order chi connectivity index (χ1) is 15.5. The zero-order valence-electron chi connectivity index (χ0n) is 17.2. The van der Waals surface area contributed by atoms with Crippen molar-refractivity contribution in [3.8, 4) is 28.6 Å². The van der Waals surface area contributed by atoms with Crippen molar-refractivity contribution in [2.45, 2.75) is 0 Å². The van der Waals surface area contributed by atoms with Crippen molar-refractivity contribution in [2.24, 2.45) is 0 Å². The summed E-state index contributed by atoms with van der Waals surface area (Å²) in [6, 6.07) is 19.3. The van der Waals surface area contributed by atoms with Gasteiger partial charge in [-0.05, 0) is 48.5 Å². The zero-order valence-corrected chi connectivity index (χ0v) is 18.7. The van der Waals surface area contributed by atoms with Gasteiger partial charge in [-0.15, -0.1) is 5.10 Å². The normalized spacial score (nSPS) is 10.6. The van der Waals surface area contributed by atoms with Crippen LogP contribution < -0.4 is 14.8 Å². The van der Waals surface area contributed by atoms with Crippen LogP contribution in [0.5, 0.6) is 11.5 Å². The minimum atomic E-state index is -0.507. The maximum absolute atomic E-state index is 13.0. The number of nitrogens with one attached hydrogen (secondary N) is 1. The average Bonchev–Trinajstić information content (AvgIpc) is 3.25. The summed E-state index contributed by atoms with van der Waals surface area (Å²) in [5.41, 5.74) is 1.83. The first-order valence-corrected chi connectivity index (χ1v) is 10.3. The molecular weight excluding hydrogens is 451 g/mol. The van der Waals surface area contributed by atoms with E-state index in [0.717, 1.165) is 0 Å². The molecule has 4 rings (SSSR count). The Kier molecular flexibility index (Phi) is 6.30. The van der Waals surface area contributed by atoms with Crippen LogP contribution in [0.3, 0.4) is 0 Å². The molecule has 0 atom stereocenters. The van der Waals surface area contributed by atoms with Crippen molar-refractivity contribution in [1.29, 1.82) is 0 Å². The molecule has 1 N–H and O–H groups in total. The molecule has 0 bridgehead atoms. The third-order valence-electron chi connectivity index (χ3n) is 4.62. The number of hydrogen-bond acceptors (Lipinski definition) is 5. The molecule has 0 aliphatic rings. The molecule has 0 fully saturated rings. The van der Waals surface area contributed by atoms with E-state index in [1.54, 1.807) is 72.5 Å². The number of anilines is 1. The molecule has 0 aliphatic carbocycles. The van der Waals surface area contributed by atoms with E-state index >= 15 is 0 Å². The lowest BCUT2D eigenvalue weighted by Crippen LogP contribution is -2.15. The highest BCUT2D eigenvalue weighted by molar-refractivity contribution is 6.31. The molecule has 32 heavy (non-hydrogen) atoms. The number of aromatic nitrogens is 3. The van der Waals surface area contributed by atoms with Gasteiger partial charge in [0.25, 0.3) is 5.91 Å². The fraction of sp³-hybridized carbons (Fsp3) is 0.0870. The molecule has 0 aliphatic heterocycles. The van der Waals surface area contributed by atoms with E-state index in [9.17, 15) is 4.79 Å². The summed E-state index contributed by atoms with van der Waals surface area (Å²) in [7, 11) is 3.06. The molecule has 1 aromatic heterocycles. The number of ether oxygens (including phenoxy) is 2. The summed E-state index contributed by atoms with van der Waals surface area (Å²) < 4.78 is 12.1. The van der Waals surface area contributed by atoms with Crippen molar-refractivity contribution in [1.82, 2.24) is 14.8 Å². The van der Waals surface area contributed by atoms with Crippen molar-refractivity contribution >= 4 is 34.8 Å². The number of carbonyl (C=O) groups excluding carboxylic acids is 1. The monoisotopic (exact) mass is 468 g/mol. The fourth-order valence-electron chi connectivity index (χ4n) is 3.07. The Hall–Kier alpha value is -3.55. The van der Waals surface area contributed by atoms with Crippen molar-refractivity contribution < 1.29 is 14.3 Å². The van der Waals surface area contributed by atoms with Crippen LogP contribution in [0.25, 0.3) is 17.1 Å². The Labute approximate surface area is 194 Å². The second-order valence-electron chi connectivity index (χ2n) is 6.68. The van der Waals surface area contributed by atoms with Crippen LogP contribution in [0.2, 0.25) is 10.0 Å². The largest absolute Gasteiger partial charge is 0.497 e. The van der Waals surface area contributed by atoms with Gasteiger partial charge in [-0.3, -0.25) is 4.79 Å². The number of rotatable bonds is 6. The molecule has 3 aromatic carbocycles. The molecule has 4 aromatic rings. The quantitative estimate of drug-likeness (QED) is 0.403. The predicted molar refractivity (Wildman–Crippen MR) is 124 cm³/mol. The Bertz CT molecular complexity index is 1270. The molecule has 0 saturated heterocycles. The van der Waals surface area contributed by atoms with E-state index in [-0.39, 0.29) is 5.82 Å². The number of nitrogens with zero attached hydrogens (tertiary/aromatic N) is 3. The predicted octanol–water partition coefficient (Wildman–Crippen LogP) is 5.51. The molecule has 162 valence electrons. The molecule has 9 heteroatoms. The van der Waals surface area contributed by atoms with Gasteiger partial charge in [0.05, 0.1) is 25.6 Å². The Morgan fingerprint density at radius 3 is 2.41 bits per heavy atom. The number of benzene rings is 3. The third kappa shape index (κ3) is 4.54. The molecule has 0 unspecified atom stereocenters. The van der Waals surface area contributed by atoms with E-state index in [1.165, 1.54) is 7.11 Å². The second-order valence-corrected chi connectivity index (χ2v) is 7.55. The van der Waals surface area contributed by atoms with Gasteiger partial charge in [0.15, 0.2) is 5.82 Å². The van der Waals surface area contributed by atoms with E-state index in [0.29, 0.717) is 44.3 Å². The maximum atomic E-state index is 13.0. The summed E-state index contributed by atoms with van der Waals surface area (Å²) in [6.07, 6.45) is 0. The van der Waals surface area contributed by atoms with E-state index in [2.05, 4.69) is 15.4 Å². The van der Waals surface area contributed by atoms with Crippen LogP contribution in [0, 0.1) is 0 Å². The number of halogens is 2. The molecule has 0 saturated carbocycles. The van der Waals surface area contributed by atoms with Crippen molar-refractivity contribution in [3.05, 3.63) is 82.6 Å². The Balaban J connectivity index is 1.76. The fourth-order valence-corrected chi connectivity index (χ4v) is 3.39. The second kappa shape index (κ2) is 9.30. The topological polar surface area (TPSA) is 78.3 Å². The number of methoxy groups -OCH3 is 2. The summed E-state index contributed by atoms with van der Waals surface area (Å²) in [4.78, 5) is 17.5. The first-order valence-electron chi connectivity index (χ1n) is 9.51. The molecule has 1 heterocycles. The zero-order chi connectivity index (χ0) is 22.7. The highest BCUT2D eigenvalue weighted by atomic mass is 35.5. The van der Waals surface area contributed by atoms with E-state index in [4.69, 9.17) is 32.7 Å². The summed E-state index contributed by atoms with van der Waals surface area (Å²) in [5.74, 6) is 0.969. The van der Waals surface area contributed by atoms with Gasteiger partial charge in [0, 0.05) is 21.7 Å². The third-order valence-corrected chi connectivity index (χ3v) is 5.11. The number of amides is 1. The molecule has 7 nitrogen and oxygen atoms in total. The Morgan fingerprint density at radius 1 is 0.938 bits per heavy atom. The van der Waals surface area contributed by atoms with Crippen LogP contribution >= 0.6 is 23.2 Å². The highest BCUT2D eigenvalue weighted by Crippen LogP contribution is 2.30. The van der Waals surface area contributed by atoms with Crippen LogP contribution in [-0.4, -0.2) is 34.9 Å². The molecular formula is C23H18Cl2N4O3. The van der Waals surface area contributed by atoms with Crippen LogP contribution in [0.4, 0.5) is 5.69 Å². The summed E-state index contributed by atoms with van der Waals surface area (Å²) >= 11 is 12.2. The summed E-state index contributed by atoms with van der Waals surface area (Å²) in [5, 5.41) is 8.36. The standard InChI is InChI=1S/C23H18Cl2N4O3/c1-31-18-10-11-20(32-2)19(13-18)26-23(30)21-27-22(14-4-3-5-16(25)12-14)29(28-21)17-8-6-15(24)7-9-17/h3-13H,1-2H3,(H,26,30). The minimum absolute atomic E-state index is 0.0280. The first kappa shape index (κ1) is 21.7. The van der Waals surface area contributed by atoms with Gasteiger partial charge in [0.1, 0.15) is 11.5 Å². The number of carbonyl (C=O) groups is 1. The van der Waals surface area contributed by atoms with Crippen molar-refractivity contribution in [3.63, 3.8) is 0 Å². The van der Waals surface area contributed by atoms with Gasteiger partial charge < -0.3 is 14.8 Å². The molecule has 0 radical (unpaired) electrons. The van der Waals surface area contributed by atoms with Gasteiger partial charge >= 0.3 is 0 Å². The lowest BCUT2D eigenvalue weighted by molar-refractivity contribution is 0.101. The van der Waals surface area contributed by atoms with E-state index < -0.39 is 5.91 Å². The smallest absolute Gasteiger partial charge is 0.295 e. The summed E-state index contributed by atoms with van der Waals surface area (Å²) in [6.45, 7) is 0. The molecule has 0 spiro atoms. The van der Waals surface area contributed by atoms with Gasteiger partial charge in [0.2, 0.25) is 5.82 Å². The minimum Gasteiger partial charge on any atom is -0.497 e. The Morgan fingerprint density at radius 2 is 1.72 bits per heavy atom. The molecule has 1 amide bonds.